The van der Waals surface area contributed by atoms with E-state index in [0.717, 1.165) is 18.6 Å². The van der Waals surface area contributed by atoms with Crippen molar-refractivity contribution in [3.05, 3.63) is 29.3 Å². The first-order valence-electron chi connectivity index (χ1n) is 5.11. The van der Waals surface area contributed by atoms with Gasteiger partial charge in [-0.1, -0.05) is 6.07 Å². The van der Waals surface area contributed by atoms with Crippen molar-refractivity contribution in [2.75, 3.05) is 13.7 Å². The highest BCUT2D eigenvalue weighted by Crippen LogP contribution is 2.25. The normalized spacial score (nSPS) is 13.4. The van der Waals surface area contributed by atoms with Crippen molar-refractivity contribution >= 4 is 5.97 Å². The zero-order valence-electron chi connectivity index (χ0n) is 8.79. The summed E-state index contributed by atoms with van der Waals surface area (Å²) < 4.78 is 9.81. The molecule has 0 radical (unpaired) electrons. The van der Waals surface area contributed by atoms with Gasteiger partial charge in [-0.05, 0) is 42.5 Å². The molecule has 1 aliphatic rings. The topological polar surface area (TPSA) is 35.5 Å². The number of ether oxygens (including phenoxy) is 2. The van der Waals surface area contributed by atoms with E-state index in [0.29, 0.717) is 0 Å². The van der Waals surface area contributed by atoms with E-state index in [9.17, 15) is 4.79 Å². The van der Waals surface area contributed by atoms with Gasteiger partial charge < -0.3 is 9.47 Å². The Kier molecular flexibility index (Phi) is 2.90. The summed E-state index contributed by atoms with van der Waals surface area (Å²) in [5.41, 5.74) is 2.75. The van der Waals surface area contributed by atoms with Gasteiger partial charge in [0, 0.05) is 0 Å². The fourth-order valence-electron chi connectivity index (χ4n) is 1.84. The molecule has 0 saturated heterocycles. The highest BCUT2D eigenvalue weighted by atomic mass is 16.6. The Bertz CT molecular complexity index is 371. The molecule has 0 aromatic heterocycles. The predicted octanol–water partition coefficient (Wildman–Crippen LogP) is 1.73. The lowest BCUT2D eigenvalue weighted by Gasteiger charge is -2.06. The fourth-order valence-corrected chi connectivity index (χ4v) is 1.84. The van der Waals surface area contributed by atoms with Crippen LogP contribution in [0.5, 0.6) is 5.75 Å². The maximum absolute atomic E-state index is 10.9. The van der Waals surface area contributed by atoms with Crippen LogP contribution in [0.4, 0.5) is 0 Å². The zero-order chi connectivity index (χ0) is 10.7. The molecule has 3 nitrogen and oxygen atoms in total. The fraction of sp³-hybridized carbons (Fsp3) is 0.417. The smallest absolute Gasteiger partial charge is 0.343 e. The number of aryl methyl sites for hydroxylation is 2. The highest BCUT2D eigenvalue weighted by molar-refractivity contribution is 5.70. The maximum Gasteiger partial charge on any atom is 0.343 e. The van der Waals surface area contributed by atoms with Crippen LogP contribution >= 0.6 is 0 Å². The number of fused-ring (bicyclic) bond motifs is 1. The summed E-state index contributed by atoms with van der Waals surface area (Å²) in [4.78, 5) is 10.9. The van der Waals surface area contributed by atoms with E-state index in [2.05, 4.69) is 10.8 Å². The van der Waals surface area contributed by atoms with Gasteiger partial charge in [-0.2, -0.15) is 0 Å². The molecule has 1 aliphatic carbocycles. The first kappa shape index (κ1) is 10.0. The Balaban J connectivity index is 2.01. The molecular weight excluding hydrogens is 192 g/mol. The average molecular weight is 206 g/mol. The molecule has 0 unspecified atom stereocenters. The third kappa shape index (κ3) is 2.29. The Hall–Kier alpha value is -1.51. The monoisotopic (exact) mass is 206 g/mol. The number of hydrogen-bond donors (Lipinski definition) is 0. The molecule has 0 amide bonds. The minimum Gasteiger partial charge on any atom is -0.482 e. The Morgan fingerprint density at radius 2 is 2.13 bits per heavy atom. The Labute approximate surface area is 89.0 Å². The summed E-state index contributed by atoms with van der Waals surface area (Å²) in [5.74, 6) is 0.400. The molecule has 1 aromatic carbocycles. The summed E-state index contributed by atoms with van der Waals surface area (Å²) in [7, 11) is 1.36. The van der Waals surface area contributed by atoms with E-state index in [1.165, 1.54) is 24.7 Å². The van der Waals surface area contributed by atoms with Crippen LogP contribution in [-0.4, -0.2) is 19.7 Å². The van der Waals surface area contributed by atoms with Crippen molar-refractivity contribution in [1.82, 2.24) is 0 Å². The van der Waals surface area contributed by atoms with Crippen LogP contribution in [0, 0.1) is 0 Å². The molecule has 0 saturated carbocycles. The first-order chi connectivity index (χ1) is 7.29. The zero-order valence-corrected chi connectivity index (χ0v) is 8.79. The van der Waals surface area contributed by atoms with E-state index in [1.807, 2.05) is 12.1 Å². The van der Waals surface area contributed by atoms with Crippen LogP contribution < -0.4 is 4.74 Å². The molecule has 0 spiro atoms. The second-order valence-corrected chi connectivity index (χ2v) is 3.65. The molecule has 1 aromatic rings. The van der Waals surface area contributed by atoms with Crippen LogP contribution in [0.3, 0.4) is 0 Å². The SMILES string of the molecule is COC(=O)COc1ccc2c(c1)CCC2. The van der Waals surface area contributed by atoms with Crippen LogP contribution in [0.2, 0.25) is 0 Å². The van der Waals surface area contributed by atoms with E-state index >= 15 is 0 Å². The van der Waals surface area contributed by atoms with E-state index < -0.39 is 0 Å². The molecule has 0 atom stereocenters. The number of hydrogen-bond acceptors (Lipinski definition) is 3. The van der Waals surface area contributed by atoms with Gasteiger partial charge in [-0.25, -0.2) is 4.79 Å². The molecule has 15 heavy (non-hydrogen) atoms. The molecule has 0 aliphatic heterocycles. The van der Waals surface area contributed by atoms with Crippen molar-refractivity contribution in [2.45, 2.75) is 19.3 Å². The molecule has 0 N–H and O–H groups in total. The minimum atomic E-state index is -0.351. The van der Waals surface area contributed by atoms with Crippen molar-refractivity contribution in [3.8, 4) is 5.75 Å². The van der Waals surface area contributed by atoms with Crippen LogP contribution in [-0.2, 0) is 22.4 Å². The lowest BCUT2D eigenvalue weighted by molar-refractivity contribution is -0.142. The molecule has 0 fully saturated rings. The molecular formula is C12H14O3. The minimum absolute atomic E-state index is 0.0186. The summed E-state index contributed by atoms with van der Waals surface area (Å²) in [5, 5.41) is 0. The highest BCUT2D eigenvalue weighted by Gasteiger charge is 2.11. The number of carbonyl (C=O) groups is 1. The van der Waals surface area contributed by atoms with Crippen molar-refractivity contribution in [2.24, 2.45) is 0 Å². The Morgan fingerprint density at radius 3 is 2.93 bits per heavy atom. The molecule has 3 heteroatoms. The summed E-state index contributed by atoms with van der Waals surface area (Å²) in [6, 6.07) is 6.01. The van der Waals surface area contributed by atoms with Crippen molar-refractivity contribution in [1.29, 1.82) is 0 Å². The number of methoxy groups -OCH3 is 1. The molecule has 0 heterocycles. The Morgan fingerprint density at radius 1 is 1.33 bits per heavy atom. The second kappa shape index (κ2) is 4.34. The van der Waals surface area contributed by atoms with E-state index in [-0.39, 0.29) is 12.6 Å². The van der Waals surface area contributed by atoms with Crippen LogP contribution in [0.25, 0.3) is 0 Å². The standard InChI is InChI=1S/C12H14O3/c1-14-12(13)8-15-11-6-5-9-3-2-4-10(9)7-11/h5-7H,2-4,8H2,1H3. The third-order valence-corrected chi connectivity index (χ3v) is 2.65. The van der Waals surface area contributed by atoms with Crippen molar-refractivity contribution < 1.29 is 14.3 Å². The van der Waals surface area contributed by atoms with Gasteiger partial charge >= 0.3 is 5.97 Å². The second-order valence-electron chi connectivity index (χ2n) is 3.65. The third-order valence-electron chi connectivity index (χ3n) is 2.65. The quantitative estimate of drug-likeness (QED) is 0.706. The molecule has 80 valence electrons. The summed E-state index contributed by atoms with van der Waals surface area (Å²) >= 11 is 0. The van der Waals surface area contributed by atoms with E-state index in [1.54, 1.807) is 0 Å². The lowest BCUT2D eigenvalue weighted by atomic mass is 10.1. The molecule has 2 rings (SSSR count). The lowest BCUT2D eigenvalue weighted by Crippen LogP contribution is -2.12. The van der Waals surface area contributed by atoms with Crippen LogP contribution in [0.1, 0.15) is 17.5 Å². The van der Waals surface area contributed by atoms with Gasteiger partial charge in [0.1, 0.15) is 5.75 Å². The first-order valence-corrected chi connectivity index (χ1v) is 5.11. The molecule has 0 bridgehead atoms. The summed E-state index contributed by atoms with van der Waals surface area (Å²) in [6.07, 6.45) is 3.49. The summed E-state index contributed by atoms with van der Waals surface area (Å²) in [6.45, 7) is -0.0186. The number of esters is 1. The van der Waals surface area contributed by atoms with Gasteiger partial charge in [-0.15, -0.1) is 0 Å². The van der Waals surface area contributed by atoms with E-state index in [4.69, 9.17) is 4.74 Å². The van der Waals surface area contributed by atoms with Gasteiger partial charge in [0.15, 0.2) is 6.61 Å². The average Bonchev–Trinajstić information content (AvgIpc) is 2.72. The number of carbonyl (C=O) groups excluding carboxylic acids is 1. The van der Waals surface area contributed by atoms with Gasteiger partial charge in [-0.3, -0.25) is 0 Å². The van der Waals surface area contributed by atoms with Crippen molar-refractivity contribution in [3.63, 3.8) is 0 Å². The van der Waals surface area contributed by atoms with Gasteiger partial charge in [0.05, 0.1) is 7.11 Å². The van der Waals surface area contributed by atoms with Gasteiger partial charge in [0.2, 0.25) is 0 Å². The maximum atomic E-state index is 10.9. The van der Waals surface area contributed by atoms with Gasteiger partial charge in [0.25, 0.3) is 0 Å². The largest absolute Gasteiger partial charge is 0.482 e. The number of rotatable bonds is 3. The van der Waals surface area contributed by atoms with Crippen LogP contribution in [0.15, 0.2) is 18.2 Å². The predicted molar refractivity (Wildman–Crippen MR) is 56.0 cm³/mol. The number of benzene rings is 1.